The Labute approximate surface area is 154 Å². The van der Waals surface area contributed by atoms with Crippen molar-refractivity contribution in [1.82, 2.24) is 9.88 Å². The Morgan fingerprint density at radius 3 is 2.85 bits per heavy atom. The number of amides is 1. The molecule has 3 aromatic rings. The minimum atomic E-state index is -3.07. The number of carbonyl (C=O) groups excluding carboxylic acids is 1. The summed E-state index contributed by atoms with van der Waals surface area (Å²) < 4.78 is 40.0. The van der Waals surface area contributed by atoms with E-state index in [9.17, 15) is 17.6 Å². The molecule has 0 saturated carbocycles. The van der Waals surface area contributed by atoms with Gasteiger partial charge in [0, 0.05) is 11.6 Å². The maximum Gasteiger partial charge on any atom is 0.268 e. The van der Waals surface area contributed by atoms with Gasteiger partial charge in [0.15, 0.2) is 9.84 Å². The molecule has 4 rings (SSSR count). The lowest BCUT2D eigenvalue weighted by Crippen LogP contribution is -2.36. The largest absolute Gasteiger partial charge is 0.347 e. The average molecular weight is 392 g/mol. The zero-order valence-corrected chi connectivity index (χ0v) is 15.4. The molecule has 26 heavy (non-hydrogen) atoms. The fourth-order valence-electron chi connectivity index (χ4n) is 3.30. The molecule has 0 spiro atoms. The minimum Gasteiger partial charge on any atom is -0.347 e. The van der Waals surface area contributed by atoms with E-state index in [0.717, 1.165) is 10.2 Å². The van der Waals surface area contributed by atoms with Crippen molar-refractivity contribution in [2.75, 3.05) is 11.5 Å². The van der Waals surface area contributed by atoms with E-state index in [2.05, 4.69) is 5.32 Å². The number of aromatic nitrogens is 1. The first-order valence-corrected chi connectivity index (χ1v) is 10.9. The maximum atomic E-state index is 14.1. The van der Waals surface area contributed by atoms with E-state index in [0.29, 0.717) is 17.7 Å². The molecule has 1 aromatic carbocycles. The van der Waals surface area contributed by atoms with Gasteiger partial charge < -0.3 is 9.88 Å². The summed E-state index contributed by atoms with van der Waals surface area (Å²) in [5.74, 6) is -0.575. The van der Waals surface area contributed by atoms with Crippen molar-refractivity contribution < 1.29 is 17.6 Å². The molecule has 0 bridgehead atoms. The van der Waals surface area contributed by atoms with Crippen molar-refractivity contribution in [3.63, 3.8) is 0 Å². The second-order valence-electron chi connectivity index (χ2n) is 6.45. The second kappa shape index (κ2) is 6.51. The molecule has 1 atom stereocenters. The number of rotatable bonds is 4. The third-order valence-electron chi connectivity index (χ3n) is 4.61. The monoisotopic (exact) mass is 392 g/mol. The molecule has 1 N–H and O–H groups in total. The second-order valence-corrected chi connectivity index (χ2v) is 9.63. The molecule has 1 amide bonds. The van der Waals surface area contributed by atoms with Gasteiger partial charge in [-0.15, -0.1) is 11.3 Å². The van der Waals surface area contributed by atoms with Crippen LogP contribution in [0.1, 0.15) is 22.5 Å². The highest BCUT2D eigenvalue weighted by Gasteiger charge is 2.30. The van der Waals surface area contributed by atoms with Gasteiger partial charge in [-0.25, -0.2) is 12.8 Å². The quantitative estimate of drug-likeness (QED) is 0.742. The summed E-state index contributed by atoms with van der Waals surface area (Å²) in [7, 11) is -3.07. The van der Waals surface area contributed by atoms with Crippen LogP contribution in [0.25, 0.3) is 10.2 Å². The van der Waals surface area contributed by atoms with Gasteiger partial charge in [-0.3, -0.25) is 4.79 Å². The molecule has 1 aliphatic heterocycles. The van der Waals surface area contributed by atoms with Crippen LogP contribution in [0.3, 0.4) is 0 Å². The Kier molecular flexibility index (Phi) is 4.32. The lowest BCUT2D eigenvalue weighted by Gasteiger charge is -2.14. The number of carbonyl (C=O) groups is 1. The Morgan fingerprint density at radius 1 is 1.31 bits per heavy atom. The van der Waals surface area contributed by atoms with Crippen molar-refractivity contribution in [1.29, 1.82) is 0 Å². The van der Waals surface area contributed by atoms with Gasteiger partial charge in [-0.1, -0.05) is 18.2 Å². The first-order valence-electron chi connectivity index (χ1n) is 8.24. The van der Waals surface area contributed by atoms with Gasteiger partial charge >= 0.3 is 0 Å². The van der Waals surface area contributed by atoms with Gasteiger partial charge in [-0.2, -0.15) is 0 Å². The number of nitrogens with zero attached hydrogens (tertiary/aromatic N) is 1. The number of nitrogens with one attached hydrogen (secondary N) is 1. The van der Waals surface area contributed by atoms with Crippen LogP contribution >= 0.6 is 11.3 Å². The Bertz CT molecular complexity index is 1080. The number of thiophene rings is 1. The smallest absolute Gasteiger partial charge is 0.268 e. The number of sulfone groups is 1. The van der Waals surface area contributed by atoms with Crippen molar-refractivity contribution in [3.8, 4) is 0 Å². The fourth-order valence-corrected chi connectivity index (χ4v) is 5.80. The van der Waals surface area contributed by atoms with E-state index in [1.165, 1.54) is 17.4 Å². The van der Waals surface area contributed by atoms with Crippen LogP contribution in [0.5, 0.6) is 0 Å². The first kappa shape index (κ1) is 17.2. The lowest BCUT2D eigenvalue weighted by atomic mass is 10.2. The molecule has 1 aliphatic rings. The highest BCUT2D eigenvalue weighted by Crippen LogP contribution is 2.27. The lowest BCUT2D eigenvalue weighted by molar-refractivity contribution is 0.0932. The van der Waals surface area contributed by atoms with Crippen LogP contribution in [-0.2, 0) is 16.4 Å². The Morgan fingerprint density at radius 2 is 2.12 bits per heavy atom. The third kappa shape index (κ3) is 3.26. The van der Waals surface area contributed by atoms with Gasteiger partial charge in [0.05, 0.1) is 28.3 Å². The maximum absolute atomic E-state index is 14.1. The molecule has 3 heterocycles. The average Bonchev–Trinajstić information content (AvgIpc) is 3.25. The molecule has 8 heteroatoms. The molecule has 1 unspecified atom stereocenters. The van der Waals surface area contributed by atoms with E-state index < -0.39 is 9.84 Å². The van der Waals surface area contributed by atoms with Crippen LogP contribution in [0.2, 0.25) is 0 Å². The Hall–Kier alpha value is -2.19. The van der Waals surface area contributed by atoms with Crippen molar-refractivity contribution in [2.45, 2.75) is 19.0 Å². The third-order valence-corrected chi connectivity index (χ3v) is 7.23. The first-order chi connectivity index (χ1) is 12.4. The van der Waals surface area contributed by atoms with Crippen molar-refractivity contribution >= 4 is 37.3 Å². The normalized spacial score (nSPS) is 19.0. The fraction of sp³-hybridized carbons (Fsp3) is 0.278. The molecule has 1 fully saturated rings. The van der Waals surface area contributed by atoms with Crippen molar-refractivity contribution in [2.24, 2.45) is 0 Å². The summed E-state index contributed by atoms with van der Waals surface area (Å²) in [4.78, 5) is 12.8. The predicted molar refractivity (Wildman–Crippen MR) is 99.8 cm³/mol. The number of benzene rings is 1. The van der Waals surface area contributed by atoms with E-state index >= 15 is 0 Å². The summed E-state index contributed by atoms with van der Waals surface area (Å²) in [6.45, 7) is 0.235. The van der Waals surface area contributed by atoms with E-state index in [-0.39, 0.29) is 35.8 Å². The van der Waals surface area contributed by atoms with Crippen LogP contribution in [0, 0.1) is 5.82 Å². The van der Waals surface area contributed by atoms with E-state index in [1.807, 2.05) is 11.4 Å². The highest BCUT2D eigenvalue weighted by molar-refractivity contribution is 7.91. The van der Waals surface area contributed by atoms with Gasteiger partial charge in [0.2, 0.25) is 0 Å². The molecule has 0 radical (unpaired) electrons. The zero-order valence-electron chi connectivity index (χ0n) is 13.8. The van der Waals surface area contributed by atoms with E-state index in [1.54, 1.807) is 28.8 Å². The SMILES string of the molecule is O=C(NC1CCS(=O)(=O)C1)c1cc2sccc2n1Cc1ccccc1F. The molecule has 1 saturated heterocycles. The van der Waals surface area contributed by atoms with Gasteiger partial charge in [0.1, 0.15) is 11.5 Å². The summed E-state index contributed by atoms with van der Waals surface area (Å²) in [6, 6.07) is 9.78. The number of halogens is 1. The number of hydrogen-bond donors (Lipinski definition) is 1. The predicted octanol–water partition coefficient (Wildman–Crippen LogP) is 2.81. The van der Waals surface area contributed by atoms with E-state index in [4.69, 9.17) is 0 Å². The Balaban J connectivity index is 1.66. The number of fused-ring (bicyclic) bond motifs is 1. The zero-order chi connectivity index (χ0) is 18.3. The minimum absolute atomic E-state index is 0.0267. The summed E-state index contributed by atoms with van der Waals surface area (Å²) in [5, 5.41) is 4.74. The standard InChI is InChI=1S/C18H17FN2O3S2/c19-14-4-2-1-3-12(14)10-21-15-5-7-25-17(15)9-16(21)18(22)20-13-6-8-26(23,24)11-13/h1-5,7,9,13H,6,8,10-11H2,(H,20,22). The molecule has 136 valence electrons. The number of hydrogen-bond acceptors (Lipinski definition) is 4. The van der Waals surface area contributed by atoms with Crippen LogP contribution in [-0.4, -0.2) is 36.4 Å². The van der Waals surface area contributed by atoms with Crippen LogP contribution in [0.15, 0.2) is 41.8 Å². The highest BCUT2D eigenvalue weighted by atomic mass is 32.2. The summed E-state index contributed by atoms with van der Waals surface area (Å²) in [6.07, 6.45) is 0.427. The topological polar surface area (TPSA) is 68.2 Å². The van der Waals surface area contributed by atoms with Crippen LogP contribution < -0.4 is 5.32 Å². The molecular weight excluding hydrogens is 375 g/mol. The molecule has 2 aromatic heterocycles. The summed E-state index contributed by atoms with van der Waals surface area (Å²) in [5.41, 5.74) is 1.77. The van der Waals surface area contributed by atoms with Crippen molar-refractivity contribution in [3.05, 3.63) is 58.9 Å². The molecule has 0 aliphatic carbocycles. The van der Waals surface area contributed by atoms with Crippen LogP contribution in [0.4, 0.5) is 4.39 Å². The summed E-state index contributed by atoms with van der Waals surface area (Å²) >= 11 is 1.51. The van der Waals surface area contributed by atoms with Gasteiger partial charge in [0.25, 0.3) is 5.91 Å². The molecular formula is C18H17FN2O3S2. The molecule has 5 nitrogen and oxygen atoms in total. The van der Waals surface area contributed by atoms with Gasteiger partial charge in [-0.05, 0) is 30.0 Å².